The minimum atomic E-state index is -0.0938. The number of pyridine rings is 1. The fourth-order valence-corrected chi connectivity index (χ4v) is 5.27. The summed E-state index contributed by atoms with van der Waals surface area (Å²) in [5, 5.41) is 6.69. The molecule has 0 bridgehead atoms. The van der Waals surface area contributed by atoms with E-state index < -0.39 is 0 Å². The maximum absolute atomic E-state index is 13.1. The Labute approximate surface area is 207 Å². The van der Waals surface area contributed by atoms with E-state index in [0.717, 1.165) is 52.7 Å². The van der Waals surface area contributed by atoms with E-state index in [1.54, 1.807) is 23.7 Å². The molecule has 1 saturated heterocycles. The maximum atomic E-state index is 13.1. The summed E-state index contributed by atoms with van der Waals surface area (Å²) < 4.78 is 7.79. The Morgan fingerprint density at radius 1 is 1.26 bits per heavy atom. The number of nitrogens with zero attached hydrogens (tertiary/aromatic N) is 3. The lowest BCUT2D eigenvalue weighted by Gasteiger charge is -2.12. The van der Waals surface area contributed by atoms with Crippen molar-refractivity contribution in [1.29, 1.82) is 0 Å². The Bertz CT molecular complexity index is 1300. The van der Waals surface area contributed by atoms with Crippen molar-refractivity contribution in [2.24, 2.45) is 0 Å². The molecule has 1 unspecified atom stereocenters. The number of hydrogen-bond acceptors (Lipinski definition) is 5. The van der Waals surface area contributed by atoms with Crippen molar-refractivity contribution in [2.75, 3.05) is 13.2 Å². The van der Waals surface area contributed by atoms with Gasteiger partial charge in [-0.1, -0.05) is 23.7 Å². The van der Waals surface area contributed by atoms with Gasteiger partial charge in [0, 0.05) is 53.8 Å². The van der Waals surface area contributed by atoms with Crippen LogP contribution >= 0.6 is 22.9 Å². The number of aromatic nitrogens is 3. The second-order valence-corrected chi connectivity index (χ2v) is 9.66. The van der Waals surface area contributed by atoms with Crippen molar-refractivity contribution >= 4 is 28.8 Å². The third kappa shape index (κ3) is 4.92. The fourth-order valence-electron chi connectivity index (χ4n) is 4.23. The van der Waals surface area contributed by atoms with E-state index >= 15 is 0 Å². The molecule has 4 aromatic rings. The molecule has 1 aromatic carbocycles. The summed E-state index contributed by atoms with van der Waals surface area (Å²) >= 11 is 7.81. The highest BCUT2D eigenvalue weighted by Gasteiger charge is 2.22. The largest absolute Gasteiger partial charge is 0.376 e. The van der Waals surface area contributed by atoms with Crippen molar-refractivity contribution in [2.45, 2.75) is 32.4 Å². The summed E-state index contributed by atoms with van der Waals surface area (Å²) in [5.74, 6) is -0.0938. The van der Waals surface area contributed by atoms with Gasteiger partial charge in [-0.25, -0.2) is 4.98 Å². The predicted octanol–water partition coefficient (Wildman–Crippen LogP) is 5.59. The van der Waals surface area contributed by atoms with Crippen molar-refractivity contribution in [3.8, 4) is 22.0 Å². The Kier molecular flexibility index (Phi) is 6.76. The van der Waals surface area contributed by atoms with Gasteiger partial charge in [-0.15, -0.1) is 11.3 Å². The third-order valence-electron chi connectivity index (χ3n) is 6.05. The first kappa shape index (κ1) is 22.8. The van der Waals surface area contributed by atoms with E-state index in [1.165, 1.54) is 0 Å². The Morgan fingerprint density at radius 3 is 2.88 bits per heavy atom. The monoisotopic (exact) mass is 492 g/mol. The number of amides is 1. The van der Waals surface area contributed by atoms with Crippen LogP contribution in [0.4, 0.5) is 0 Å². The van der Waals surface area contributed by atoms with Gasteiger partial charge in [-0.3, -0.25) is 9.78 Å². The van der Waals surface area contributed by atoms with Crippen LogP contribution in [0.3, 0.4) is 0 Å². The number of halogens is 1. The Balaban J connectivity index is 1.49. The van der Waals surface area contributed by atoms with E-state index in [0.29, 0.717) is 23.7 Å². The minimum Gasteiger partial charge on any atom is -0.376 e. The van der Waals surface area contributed by atoms with E-state index in [9.17, 15) is 4.79 Å². The normalized spacial score (nSPS) is 15.5. The third-order valence-corrected chi connectivity index (χ3v) is 7.18. The topological polar surface area (TPSA) is 69.0 Å². The van der Waals surface area contributed by atoms with E-state index in [4.69, 9.17) is 21.3 Å². The van der Waals surface area contributed by atoms with Gasteiger partial charge in [0.25, 0.3) is 5.91 Å². The van der Waals surface area contributed by atoms with Gasteiger partial charge >= 0.3 is 0 Å². The highest BCUT2D eigenvalue weighted by atomic mass is 35.5. The number of ether oxygens (including phenoxy) is 1. The molecule has 0 aliphatic carbocycles. The molecule has 1 amide bonds. The van der Waals surface area contributed by atoms with E-state index in [2.05, 4.69) is 14.9 Å². The smallest absolute Gasteiger partial charge is 0.253 e. The first-order valence-electron chi connectivity index (χ1n) is 11.3. The van der Waals surface area contributed by atoms with Crippen LogP contribution in [-0.4, -0.2) is 39.7 Å². The number of rotatable bonds is 7. The molecule has 1 aliphatic heterocycles. The summed E-state index contributed by atoms with van der Waals surface area (Å²) in [4.78, 5) is 22.1. The van der Waals surface area contributed by atoms with Gasteiger partial charge in [-0.05, 0) is 55.7 Å². The molecule has 1 N–H and O–H groups in total. The average molecular weight is 493 g/mol. The Morgan fingerprint density at radius 2 is 2.12 bits per heavy atom. The van der Waals surface area contributed by atoms with Gasteiger partial charge in [0.2, 0.25) is 0 Å². The highest BCUT2D eigenvalue weighted by molar-refractivity contribution is 7.13. The number of nitrogens with one attached hydrogen (secondary N) is 1. The fraction of sp³-hybridized carbons (Fsp3) is 0.269. The molecule has 0 radical (unpaired) electrons. The molecule has 1 aliphatic rings. The number of benzene rings is 1. The SMILES string of the molecule is Cc1c(C(=O)NCC2CCCO2)cc(-c2csc(-c3ccncc3)n2)n1Cc1cccc(Cl)c1. The quantitative estimate of drug-likeness (QED) is 0.365. The molecule has 1 atom stereocenters. The van der Waals surface area contributed by atoms with Crippen LogP contribution in [0.15, 0.2) is 60.2 Å². The molecule has 0 saturated carbocycles. The summed E-state index contributed by atoms with van der Waals surface area (Å²) in [6, 6.07) is 13.6. The molecular formula is C26H25ClN4O2S. The maximum Gasteiger partial charge on any atom is 0.253 e. The Hall–Kier alpha value is -3.00. The molecule has 4 heterocycles. The predicted molar refractivity (Wildman–Crippen MR) is 135 cm³/mol. The highest BCUT2D eigenvalue weighted by Crippen LogP contribution is 2.32. The lowest BCUT2D eigenvalue weighted by Crippen LogP contribution is -2.32. The molecule has 34 heavy (non-hydrogen) atoms. The van der Waals surface area contributed by atoms with Crippen LogP contribution < -0.4 is 5.32 Å². The summed E-state index contributed by atoms with van der Waals surface area (Å²) in [5.41, 5.74) is 5.34. The number of thiazole rings is 1. The van der Waals surface area contributed by atoms with Crippen LogP contribution in [0.25, 0.3) is 22.0 Å². The number of carbonyl (C=O) groups excluding carboxylic acids is 1. The van der Waals surface area contributed by atoms with Gasteiger partial charge in [0.05, 0.1) is 23.1 Å². The van der Waals surface area contributed by atoms with Crippen LogP contribution in [-0.2, 0) is 11.3 Å². The number of carbonyl (C=O) groups is 1. The van der Waals surface area contributed by atoms with Crippen molar-refractivity contribution in [1.82, 2.24) is 19.9 Å². The standard InChI is InChI=1S/C26H25ClN4O2S/c1-17-22(25(32)29-14-21-6-3-11-33-21)13-24(31(17)15-18-4-2-5-20(27)12-18)23-16-34-26(30-23)19-7-9-28-10-8-19/h2,4-5,7-10,12-13,16,21H,3,6,11,14-15H2,1H3,(H,29,32). The van der Waals surface area contributed by atoms with Gasteiger partial charge in [0.1, 0.15) is 5.01 Å². The molecule has 1 fully saturated rings. The van der Waals surface area contributed by atoms with Gasteiger partial charge in [0.15, 0.2) is 0 Å². The first-order chi connectivity index (χ1) is 16.6. The van der Waals surface area contributed by atoms with Crippen molar-refractivity contribution < 1.29 is 9.53 Å². The lowest BCUT2D eigenvalue weighted by atomic mass is 10.2. The average Bonchev–Trinajstić information content (AvgIpc) is 3.60. The van der Waals surface area contributed by atoms with E-state index in [-0.39, 0.29) is 12.0 Å². The minimum absolute atomic E-state index is 0.0938. The zero-order valence-electron chi connectivity index (χ0n) is 18.8. The molecule has 0 spiro atoms. The second-order valence-electron chi connectivity index (χ2n) is 8.36. The molecular weight excluding hydrogens is 468 g/mol. The molecule has 3 aromatic heterocycles. The zero-order valence-corrected chi connectivity index (χ0v) is 20.4. The second kappa shape index (κ2) is 10.1. The van der Waals surface area contributed by atoms with Crippen LogP contribution in [0.1, 0.15) is 34.5 Å². The lowest BCUT2D eigenvalue weighted by molar-refractivity contribution is 0.0857. The van der Waals surface area contributed by atoms with Gasteiger partial charge < -0.3 is 14.6 Å². The summed E-state index contributed by atoms with van der Waals surface area (Å²) in [7, 11) is 0. The van der Waals surface area contributed by atoms with Crippen LogP contribution in [0.5, 0.6) is 0 Å². The first-order valence-corrected chi connectivity index (χ1v) is 12.5. The van der Waals surface area contributed by atoms with Crippen LogP contribution in [0, 0.1) is 6.92 Å². The van der Waals surface area contributed by atoms with Crippen LogP contribution in [0.2, 0.25) is 5.02 Å². The number of hydrogen-bond donors (Lipinski definition) is 1. The molecule has 174 valence electrons. The van der Waals surface area contributed by atoms with Gasteiger partial charge in [-0.2, -0.15) is 0 Å². The van der Waals surface area contributed by atoms with Crippen molar-refractivity contribution in [3.05, 3.63) is 82.1 Å². The zero-order chi connectivity index (χ0) is 23.5. The van der Waals surface area contributed by atoms with E-state index in [1.807, 2.05) is 54.8 Å². The molecule has 6 nitrogen and oxygen atoms in total. The van der Waals surface area contributed by atoms with Crippen molar-refractivity contribution in [3.63, 3.8) is 0 Å². The summed E-state index contributed by atoms with van der Waals surface area (Å²) in [6.45, 7) is 3.85. The summed E-state index contributed by atoms with van der Waals surface area (Å²) in [6.07, 6.45) is 5.65. The molecule has 5 rings (SSSR count). The molecule has 8 heteroatoms.